The van der Waals surface area contributed by atoms with Crippen LogP contribution < -0.4 is 10.9 Å². The van der Waals surface area contributed by atoms with Crippen LogP contribution in [0.1, 0.15) is 27.9 Å². The van der Waals surface area contributed by atoms with Crippen LogP contribution in [0.5, 0.6) is 0 Å². The van der Waals surface area contributed by atoms with Crippen LogP contribution >= 0.6 is 11.8 Å². The maximum Gasteiger partial charge on any atom is 0.269 e. The standard InChI is InChI=1S/C18H17N3O4S/c22-17(11-26-16-9-6-12-2-1-3-14(12)10-16)19-20-18(23)13-4-7-15(8-5-13)21(24)25/h4-10H,1-3,11H2,(H,19,22)(H,20,23). The van der Waals surface area contributed by atoms with Crippen LogP contribution in [-0.2, 0) is 17.6 Å². The number of thioether (sulfide) groups is 1. The summed E-state index contributed by atoms with van der Waals surface area (Å²) in [4.78, 5) is 34.9. The van der Waals surface area contributed by atoms with Gasteiger partial charge in [-0.05, 0) is 54.7 Å². The quantitative estimate of drug-likeness (QED) is 0.478. The zero-order valence-corrected chi connectivity index (χ0v) is 14.7. The number of carbonyl (C=O) groups excluding carboxylic acids is 2. The average molecular weight is 371 g/mol. The summed E-state index contributed by atoms with van der Waals surface area (Å²) in [7, 11) is 0. The van der Waals surface area contributed by atoms with Gasteiger partial charge in [0.2, 0.25) is 5.91 Å². The molecule has 0 saturated carbocycles. The number of carbonyl (C=O) groups is 2. The van der Waals surface area contributed by atoms with E-state index < -0.39 is 10.8 Å². The van der Waals surface area contributed by atoms with Gasteiger partial charge in [-0.15, -0.1) is 11.8 Å². The predicted octanol–water partition coefficient (Wildman–Crippen LogP) is 2.64. The zero-order valence-electron chi connectivity index (χ0n) is 13.9. The summed E-state index contributed by atoms with van der Waals surface area (Å²) >= 11 is 1.41. The van der Waals surface area contributed by atoms with E-state index in [1.54, 1.807) is 0 Å². The van der Waals surface area contributed by atoms with E-state index in [0.29, 0.717) is 0 Å². The van der Waals surface area contributed by atoms with Gasteiger partial charge >= 0.3 is 0 Å². The fourth-order valence-corrected chi connectivity index (χ4v) is 3.52. The van der Waals surface area contributed by atoms with Crippen molar-refractivity contribution < 1.29 is 14.5 Å². The van der Waals surface area contributed by atoms with Gasteiger partial charge in [0.1, 0.15) is 0 Å². The molecule has 7 nitrogen and oxygen atoms in total. The smallest absolute Gasteiger partial charge is 0.269 e. The molecule has 2 amide bonds. The fourth-order valence-electron chi connectivity index (χ4n) is 2.76. The first-order valence-corrected chi connectivity index (χ1v) is 9.10. The number of hydrogen-bond donors (Lipinski definition) is 2. The second kappa shape index (κ2) is 8.01. The first kappa shape index (κ1) is 17.9. The van der Waals surface area contributed by atoms with Crippen molar-refractivity contribution in [1.29, 1.82) is 0 Å². The molecule has 0 aromatic heterocycles. The molecule has 0 radical (unpaired) electrons. The molecule has 8 heteroatoms. The third kappa shape index (κ3) is 4.40. The number of amides is 2. The molecule has 0 aliphatic heterocycles. The van der Waals surface area contributed by atoms with Crippen LogP contribution in [-0.4, -0.2) is 22.5 Å². The molecule has 1 aliphatic carbocycles. The third-order valence-electron chi connectivity index (χ3n) is 4.10. The van der Waals surface area contributed by atoms with Crippen LogP contribution in [0.2, 0.25) is 0 Å². The number of fused-ring (bicyclic) bond motifs is 1. The maximum atomic E-state index is 11.9. The first-order chi connectivity index (χ1) is 12.5. The summed E-state index contributed by atoms with van der Waals surface area (Å²) in [5.41, 5.74) is 7.51. The second-order valence-electron chi connectivity index (χ2n) is 5.88. The van der Waals surface area contributed by atoms with Gasteiger partial charge in [0, 0.05) is 22.6 Å². The molecule has 0 unspecified atom stereocenters. The Balaban J connectivity index is 1.46. The average Bonchev–Trinajstić information content (AvgIpc) is 3.12. The summed E-state index contributed by atoms with van der Waals surface area (Å²) in [5, 5.41) is 10.6. The highest BCUT2D eigenvalue weighted by molar-refractivity contribution is 8.00. The molecule has 0 heterocycles. The van der Waals surface area contributed by atoms with E-state index >= 15 is 0 Å². The van der Waals surface area contributed by atoms with Gasteiger partial charge in [0.25, 0.3) is 11.6 Å². The Labute approximate surface area is 154 Å². The topological polar surface area (TPSA) is 101 Å². The van der Waals surface area contributed by atoms with E-state index in [1.165, 1.54) is 53.6 Å². The highest BCUT2D eigenvalue weighted by atomic mass is 32.2. The van der Waals surface area contributed by atoms with Gasteiger partial charge in [-0.1, -0.05) is 6.07 Å². The molecule has 0 atom stereocenters. The molecular weight excluding hydrogens is 354 g/mol. The Morgan fingerprint density at radius 1 is 1.04 bits per heavy atom. The van der Waals surface area contributed by atoms with E-state index in [9.17, 15) is 19.7 Å². The summed E-state index contributed by atoms with van der Waals surface area (Å²) < 4.78 is 0. The number of aryl methyl sites for hydroxylation is 2. The number of hydrazine groups is 1. The normalized spacial score (nSPS) is 12.3. The summed E-state index contributed by atoms with van der Waals surface area (Å²) in [6, 6.07) is 11.4. The largest absolute Gasteiger partial charge is 0.272 e. The lowest BCUT2D eigenvalue weighted by atomic mass is 10.1. The van der Waals surface area contributed by atoms with Crippen molar-refractivity contribution >= 4 is 29.3 Å². The molecule has 2 aromatic rings. The highest BCUT2D eigenvalue weighted by Gasteiger charge is 2.13. The van der Waals surface area contributed by atoms with Crippen LogP contribution in [0.4, 0.5) is 5.69 Å². The number of non-ortho nitro benzene ring substituents is 1. The summed E-state index contributed by atoms with van der Waals surface area (Å²) in [5.74, 6) is -0.680. The van der Waals surface area contributed by atoms with Crippen molar-refractivity contribution in [1.82, 2.24) is 10.9 Å². The first-order valence-electron chi connectivity index (χ1n) is 8.11. The molecule has 26 heavy (non-hydrogen) atoms. The molecule has 0 saturated heterocycles. The lowest BCUT2D eigenvalue weighted by molar-refractivity contribution is -0.384. The minimum atomic E-state index is -0.542. The SMILES string of the molecule is O=C(CSc1ccc2c(c1)CCC2)NNC(=O)c1ccc([N+](=O)[O-])cc1. The zero-order chi connectivity index (χ0) is 18.5. The van der Waals surface area contributed by atoms with E-state index in [4.69, 9.17) is 0 Å². The van der Waals surface area contributed by atoms with Gasteiger partial charge in [-0.25, -0.2) is 0 Å². The van der Waals surface area contributed by atoms with Crippen molar-refractivity contribution in [2.24, 2.45) is 0 Å². The van der Waals surface area contributed by atoms with Crippen LogP contribution in [0, 0.1) is 10.1 Å². The van der Waals surface area contributed by atoms with E-state index in [1.807, 2.05) is 6.07 Å². The van der Waals surface area contributed by atoms with Crippen molar-refractivity contribution in [2.45, 2.75) is 24.2 Å². The van der Waals surface area contributed by atoms with Crippen LogP contribution in [0.3, 0.4) is 0 Å². The Morgan fingerprint density at radius 3 is 2.50 bits per heavy atom. The molecule has 134 valence electrons. The molecule has 0 bridgehead atoms. The number of nitrogens with zero attached hydrogens (tertiary/aromatic N) is 1. The Hall–Kier alpha value is -2.87. The number of rotatable bonds is 5. The highest BCUT2D eigenvalue weighted by Crippen LogP contribution is 2.27. The minimum Gasteiger partial charge on any atom is -0.272 e. The molecular formula is C18H17N3O4S. The molecule has 3 rings (SSSR count). The second-order valence-corrected chi connectivity index (χ2v) is 6.93. The van der Waals surface area contributed by atoms with Gasteiger partial charge in [0.05, 0.1) is 10.7 Å². The molecule has 1 aliphatic rings. The Bertz CT molecular complexity index is 852. The molecule has 0 spiro atoms. The van der Waals surface area contributed by atoms with Crippen LogP contribution in [0.25, 0.3) is 0 Å². The van der Waals surface area contributed by atoms with Crippen molar-refractivity contribution in [3.05, 3.63) is 69.3 Å². The van der Waals surface area contributed by atoms with Crippen molar-refractivity contribution in [3.63, 3.8) is 0 Å². The van der Waals surface area contributed by atoms with Crippen molar-refractivity contribution in [3.8, 4) is 0 Å². The number of nitro benzene ring substituents is 1. The van der Waals surface area contributed by atoms with Crippen LogP contribution in [0.15, 0.2) is 47.4 Å². The van der Waals surface area contributed by atoms with Gasteiger partial charge in [-0.3, -0.25) is 30.6 Å². The van der Waals surface area contributed by atoms with Gasteiger partial charge < -0.3 is 0 Å². The minimum absolute atomic E-state index is 0.101. The lowest BCUT2D eigenvalue weighted by Gasteiger charge is -2.08. The van der Waals surface area contributed by atoms with Gasteiger partial charge in [0.15, 0.2) is 0 Å². The molecule has 2 N–H and O–H groups in total. The number of hydrogen-bond acceptors (Lipinski definition) is 5. The number of nitrogens with one attached hydrogen (secondary N) is 2. The monoisotopic (exact) mass is 371 g/mol. The third-order valence-corrected chi connectivity index (χ3v) is 5.09. The predicted molar refractivity (Wildman–Crippen MR) is 97.9 cm³/mol. The maximum absolute atomic E-state index is 11.9. The van der Waals surface area contributed by atoms with E-state index in [0.717, 1.165) is 17.7 Å². The summed E-state index contributed by atoms with van der Waals surface area (Å²) in [6.45, 7) is 0. The van der Waals surface area contributed by atoms with E-state index in [2.05, 4.69) is 23.0 Å². The number of nitro groups is 1. The van der Waals surface area contributed by atoms with Gasteiger partial charge in [-0.2, -0.15) is 0 Å². The number of benzene rings is 2. The molecule has 2 aromatic carbocycles. The van der Waals surface area contributed by atoms with Crippen molar-refractivity contribution in [2.75, 3.05) is 5.75 Å². The van der Waals surface area contributed by atoms with E-state index in [-0.39, 0.29) is 22.9 Å². The lowest BCUT2D eigenvalue weighted by Crippen LogP contribution is -2.42. The molecule has 0 fully saturated rings. The Kier molecular flexibility index (Phi) is 5.52. The Morgan fingerprint density at radius 2 is 1.77 bits per heavy atom. The fraction of sp³-hybridized carbons (Fsp3) is 0.222. The summed E-state index contributed by atoms with van der Waals surface area (Å²) in [6.07, 6.45) is 3.38.